The van der Waals surface area contributed by atoms with Crippen molar-refractivity contribution in [3.8, 4) is 17.2 Å². The van der Waals surface area contributed by atoms with E-state index in [-0.39, 0.29) is 0 Å². The quantitative estimate of drug-likeness (QED) is 0.648. The predicted molar refractivity (Wildman–Crippen MR) is 76.9 cm³/mol. The van der Waals surface area contributed by atoms with Gasteiger partial charge in [0, 0.05) is 12.1 Å². The van der Waals surface area contributed by atoms with Crippen molar-refractivity contribution >= 4 is 5.97 Å². The highest BCUT2D eigenvalue weighted by atomic mass is 127. The second-order valence-electron chi connectivity index (χ2n) is 4.23. The van der Waals surface area contributed by atoms with Crippen molar-refractivity contribution in [1.82, 2.24) is 0 Å². The number of benzene rings is 2. The molecular formula is C16H16IO5+. The van der Waals surface area contributed by atoms with Gasteiger partial charge in [-0.15, -0.1) is 0 Å². The van der Waals surface area contributed by atoms with Crippen LogP contribution in [0.15, 0.2) is 36.4 Å². The summed E-state index contributed by atoms with van der Waals surface area (Å²) in [4.78, 5) is 11.4. The summed E-state index contributed by atoms with van der Waals surface area (Å²) < 4.78 is 17.8. The summed E-state index contributed by atoms with van der Waals surface area (Å²) in [6, 6.07) is 10.6. The Morgan fingerprint density at radius 3 is 2.09 bits per heavy atom. The summed E-state index contributed by atoms with van der Waals surface area (Å²) in [5.74, 6) is 0.989. The Labute approximate surface area is 139 Å². The first-order valence-corrected chi connectivity index (χ1v) is 8.53. The first-order valence-electron chi connectivity index (χ1n) is 6.37. The summed E-state index contributed by atoms with van der Waals surface area (Å²) in [7, 11) is 4.72. The number of hydrogen-bond acceptors (Lipinski definition) is 4. The van der Waals surface area contributed by atoms with Crippen LogP contribution in [-0.2, 0) is 0 Å². The summed E-state index contributed by atoms with van der Waals surface area (Å²) in [6.07, 6.45) is 0. The minimum atomic E-state index is -0.929. The van der Waals surface area contributed by atoms with E-state index in [1.165, 1.54) is 0 Å². The molecule has 0 aliphatic heterocycles. The monoisotopic (exact) mass is 415 g/mol. The molecule has 2 rings (SSSR count). The molecule has 0 atom stereocenters. The van der Waals surface area contributed by atoms with Gasteiger partial charge in [0.1, 0.15) is 11.3 Å². The average molecular weight is 415 g/mol. The second-order valence-corrected chi connectivity index (χ2v) is 7.01. The Morgan fingerprint density at radius 2 is 1.59 bits per heavy atom. The molecule has 116 valence electrons. The van der Waals surface area contributed by atoms with Gasteiger partial charge in [-0.2, -0.15) is 0 Å². The highest BCUT2D eigenvalue weighted by molar-refractivity contribution is 5.87. The maximum atomic E-state index is 11.4. The van der Waals surface area contributed by atoms with Crippen LogP contribution in [0.1, 0.15) is 10.4 Å². The number of aromatic carboxylic acids is 1. The van der Waals surface area contributed by atoms with Gasteiger partial charge in [-0.1, -0.05) is 12.1 Å². The van der Waals surface area contributed by atoms with Gasteiger partial charge in [-0.25, -0.2) is 4.79 Å². The van der Waals surface area contributed by atoms with E-state index in [4.69, 9.17) is 14.2 Å². The Morgan fingerprint density at radius 1 is 1.00 bits per heavy atom. The highest BCUT2D eigenvalue weighted by Crippen LogP contribution is 2.27. The van der Waals surface area contributed by atoms with Gasteiger partial charge < -0.3 is 19.3 Å². The van der Waals surface area contributed by atoms with Crippen LogP contribution in [0, 0.1) is 7.14 Å². The van der Waals surface area contributed by atoms with E-state index in [9.17, 15) is 9.90 Å². The largest absolute Gasteiger partial charge is 0.496 e. The van der Waals surface area contributed by atoms with E-state index >= 15 is 0 Å². The average Bonchev–Trinajstić information content (AvgIpc) is 2.55. The number of carbonyl (C=O) groups is 1. The molecule has 6 heteroatoms. The molecule has 22 heavy (non-hydrogen) atoms. The second kappa shape index (κ2) is 7.35. The summed E-state index contributed by atoms with van der Waals surface area (Å²) in [5.41, 5.74) is 0.315. The van der Waals surface area contributed by atoms with E-state index < -0.39 is 27.2 Å². The van der Waals surface area contributed by atoms with Crippen LogP contribution < -0.4 is 35.4 Å². The Kier molecular flexibility index (Phi) is 5.48. The zero-order valence-electron chi connectivity index (χ0n) is 12.4. The van der Waals surface area contributed by atoms with Gasteiger partial charge in [0.15, 0.2) is 11.5 Å². The van der Waals surface area contributed by atoms with E-state index in [1.54, 1.807) is 45.6 Å². The van der Waals surface area contributed by atoms with Gasteiger partial charge in [-0.3, -0.25) is 0 Å². The van der Waals surface area contributed by atoms with E-state index in [1.807, 2.05) is 12.1 Å². The molecule has 0 unspecified atom stereocenters. The van der Waals surface area contributed by atoms with Gasteiger partial charge in [0.25, 0.3) is 3.57 Å². The highest BCUT2D eigenvalue weighted by Gasteiger charge is 2.31. The normalized spacial score (nSPS) is 10.1. The molecule has 0 radical (unpaired) electrons. The lowest BCUT2D eigenvalue weighted by atomic mass is 10.2. The van der Waals surface area contributed by atoms with Crippen molar-refractivity contribution < 1.29 is 45.3 Å². The van der Waals surface area contributed by atoms with Crippen LogP contribution in [0.5, 0.6) is 17.2 Å². The number of carboxylic acids is 1. The predicted octanol–water partition coefficient (Wildman–Crippen LogP) is -0.461. The van der Waals surface area contributed by atoms with Crippen molar-refractivity contribution in [3.63, 3.8) is 0 Å². The molecule has 5 nitrogen and oxygen atoms in total. The fraction of sp³-hybridized carbons (Fsp3) is 0.188. The molecule has 1 N–H and O–H groups in total. The Hall–Kier alpha value is -1.96. The molecule has 0 saturated heterocycles. The topological polar surface area (TPSA) is 65.0 Å². The smallest absolute Gasteiger partial charge is 0.367 e. The molecule has 0 aliphatic rings. The Balaban J connectivity index is 2.51. The van der Waals surface area contributed by atoms with Crippen molar-refractivity contribution in [2.45, 2.75) is 0 Å². The molecule has 0 amide bonds. The van der Waals surface area contributed by atoms with Crippen LogP contribution in [0.3, 0.4) is 0 Å². The number of rotatable bonds is 6. The lowest BCUT2D eigenvalue weighted by molar-refractivity contribution is -0.599. The summed E-state index contributed by atoms with van der Waals surface area (Å²) >= 11 is -0.787. The fourth-order valence-corrected chi connectivity index (χ4v) is 4.83. The molecule has 0 aromatic heterocycles. The van der Waals surface area contributed by atoms with Crippen molar-refractivity contribution in [3.05, 3.63) is 49.1 Å². The SMILES string of the molecule is COc1cc(OC)c([I+]c2ccccc2C(=O)O)c(OC)c1. The summed E-state index contributed by atoms with van der Waals surface area (Å²) in [5, 5.41) is 9.31. The minimum Gasteiger partial charge on any atom is -0.496 e. The fourth-order valence-electron chi connectivity index (χ4n) is 1.88. The first-order chi connectivity index (χ1) is 10.6. The van der Waals surface area contributed by atoms with Gasteiger partial charge >= 0.3 is 27.2 Å². The van der Waals surface area contributed by atoms with Gasteiger partial charge in [-0.05, 0) is 12.1 Å². The van der Waals surface area contributed by atoms with E-state index in [0.29, 0.717) is 22.8 Å². The molecule has 2 aromatic carbocycles. The third kappa shape index (κ3) is 3.44. The van der Waals surface area contributed by atoms with Crippen molar-refractivity contribution in [1.29, 1.82) is 0 Å². The number of methoxy groups -OCH3 is 3. The van der Waals surface area contributed by atoms with Crippen LogP contribution >= 0.6 is 0 Å². The molecule has 0 bridgehead atoms. The third-order valence-corrected chi connectivity index (χ3v) is 6.08. The minimum absolute atomic E-state index is 0.315. The molecular weight excluding hydrogens is 399 g/mol. The standard InChI is InChI=1S/C16H15IO5/c1-20-10-8-13(21-2)15(14(9-10)22-3)17-12-7-5-4-6-11(12)16(18)19/h4-9H,1-3H3/p+1. The summed E-state index contributed by atoms with van der Waals surface area (Å²) in [6.45, 7) is 0. The van der Waals surface area contributed by atoms with Crippen LogP contribution in [-0.4, -0.2) is 32.4 Å². The molecule has 0 aliphatic carbocycles. The molecule has 0 saturated carbocycles. The van der Waals surface area contributed by atoms with Gasteiger partial charge in [0.05, 0.1) is 21.3 Å². The zero-order valence-corrected chi connectivity index (χ0v) is 14.6. The van der Waals surface area contributed by atoms with Crippen molar-refractivity contribution in [2.24, 2.45) is 0 Å². The zero-order chi connectivity index (χ0) is 16.1. The lowest BCUT2D eigenvalue weighted by Gasteiger charge is -2.08. The van der Waals surface area contributed by atoms with E-state index in [0.717, 1.165) is 7.14 Å². The van der Waals surface area contributed by atoms with Crippen LogP contribution in [0.2, 0.25) is 0 Å². The Bertz CT molecular complexity index is 659. The molecule has 0 fully saturated rings. The van der Waals surface area contributed by atoms with E-state index in [2.05, 4.69) is 0 Å². The van der Waals surface area contributed by atoms with Crippen LogP contribution in [0.25, 0.3) is 0 Å². The number of ether oxygens (including phenoxy) is 3. The van der Waals surface area contributed by atoms with Crippen LogP contribution in [0.4, 0.5) is 0 Å². The third-order valence-electron chi connectivity index (χ3n) is 2.96. The maximum Gasteiger partial charge on any atom is 0.367 e. The number of halogens is 1. The number of carboxylic acid groups (broad SMARTS) is 1. The number of hydrogen-bond donors (Lipinski definition) is 1. The molecule has 0 heterocycles. The molecule has 2 aromatic rings. The molecule has 0 spiro atoms. The van der Waals surface area contributed by atoms with Crippen molar-refractivity contribution in [2.75, 3.05) is 21.3 Å². The first kappa shape index (κ1) is 16.4. The maximum absolute atomic E-state index is 11.4. The van der Waals surface area contributed by atoms with Gasteiger partial charge in [0.2, 0.25) is 3.57 Å². The lowest BCUT2D eigenvalue weighted by Crippen LogP contribution is -3.61.